The van der Waals surface area contributed by atoms with Crippen LogP contribution >= 0.6 is 15.9 Å². The molecule has 1 aromatic rings. The minimum absolute atomic E-state index is 0.0534. The molecule has 0 saturated carbocycles. The van der Waals surface area contributed by atoms with Crippen molar-refractivity contribution in [2.24, 2.45) is 0 Å². The van der Waals surface area contributed by atoms with E-state index in [1.165, 1.54) is 0 Å². The number of amides is 1. The Bertz CT molecular complexity index is 369. The van der Waals surface area contributed by atoms with Crippen LogP contribution in [0.1, 0.15) is 5.56 Å². The molecule has 0 aromatic heterocycles. The first-order valence-electron chi connectivity index (χ1n) is 5.44. The van der Waals surface area contributed by atoms with Gasteiger partial charge in [0.15, 0.2) is 0 Å². The Morgan fingerprint density at radius 3 is 2.82 bits per heavy atom. The van der Waals surface area contributed by atoms with Gasteiger partial charge >= 0.3 is 6.09 Å². The smallest absolute Gasteiger partial charge is 0.407 e. The molecular formula is C12H14BrNO3. The van der Waals surface area contributed by atoms with Gasteiger partial charge < -0.3 is 14.8 Å². The molecule has 1 heterocycles. The summed E-state index contributed by atoms with van der Waals surface area (Å²) in [7, 11) is 0. The summed E-state index contributed by atoms with van der Waals surface area (Å²) in [6.45, 7) is 0.843. The fourth-order valence-corrected chi connectivity index (χ4v) is 2.17. The molecule has 1 aliphatic heterocycles. The number of halogens is 1. The molecule has 1 N–H and O–H groups in total. The second kappa shape index (κ2) is 6.02. The highest BCUT2D eigenvalue weighted by molar-refractivity contribution is 9.09. The van der Waals surface area contributed by atoms with Gasteiger partial charge in [0, 0.05) is 5.33 Å². The summed E-state index contributed by atoms with van der Waals surface area (Å²) in [5.41, 5.74) is 0.976. The van der Waals surface area contributed by atoms with Gasteiger partial charge in [0.2, 0.25) is 0 Å². The van der Waals surface area contributed by atoms with Crippen LogP contribution in [0.4, 0.5) is 4.79 Å². The van der Waals surface area contributed by atoms with Gasteiger partial charge in [-0.25, -0.2) is 4.79 Å². The summed E-state index contributed by atoms with van der Waals surface area (Å²) >= 11 is 3.32. The lowest BCUT2D eigenvalue weighted by Crippen LogP contribution is -2.56. The number of benzene rings is 1. The molecule has 0 unspecified atom stereocenters. The number of hydrogen-bond donors (Lipinski definition) is 1. The van der Waals surface area contributed by atoms with Crippen molar-refractivity contribution in [2.75, 3.05) is 11.9 Å². The number of alkyl halides is 1. The van der Waals surface area contributed by atoms with E-state index in [1.807, 2.05) is 30.3 Å². The van der Waals surface area contributed by atoms with Gasteiger partial charge in [0.25, 0.3) is 0 Å². The first-order chi connectivity index (χ1) is 8.29. The Hall–Kier alpha value is -1.07. The number of carbonyl (C=O) groups is 1. The Labute approximate surface area is 108 Å². The van der Waals surface area contributed by atoms with Gasteiger partial charge in [0.05, 0.1) is 18.8 Å². The number of hydrogen-bond acceptors (Lipinski definition) is 3. The third-order valence-electron chi connectivity index (χ3n) is 2.61. The van der Waals surface area contributed by atoms with Gasteiger partial charge in [-0.3, -0.25) is 0 Å². The van der Waals surface area contributed by atoms with Crippen LogP contribution in [0.5, 0.6) is 0 Å². The van der Waals surface area contributed by atoms with E-state index in [1.54, 1.807) is 0 Å². The Kier molecular flexibility index (Phi) is 4.39. The quantitative estimate of drug-likeness (QED) is 0.866. The van der Waals surface area contributed by atoms with E-state index in [4.69, 9.17) is 9.47 Å². The predicted molar refractivity (Wildman–Crippen MR) is 67.1 cm³/mol. The van der Waals surface area contributed by atoms with E-state index < -0.39 is 6.09 Å². The van der Waals surface area contributed by atoms with Crippen LogP contribution in [-0.4, -0.2) is 30.2 Å². The highest BCUT2D eigenvalue weighted by Crippen LogP contribution is 2.14. The fourth-order valence-electron chi connectivity index (χ4n) is 1.53. The summed E-state index contributed by atoms with van der Waals surface area (Å²) in [6.07, 6.45) is -0.340. The van der Waals surface area contributed by atoms with Crippen LogP contribution in [0.2, 0.25) is 0 Å². The lowest BCUT2D eigenvalue weighted by atomic mass is 10.1. The Morgan fingerprint density at radius 2 is 2.24 bits per heavy atom. The lowest BCUT2D eigenvalue weighted by Gasteiger charge is -2.35. The molecule has 1 saturated heterocycles. The van der Waals surface area contributed by atoms with Crippen molar-refractivity contribution >= 4 is 22.0 Å². The third-order valence-corrected chi connectivity index (χ3v) is 3.24. The molecule has 1 fully saturated rings. The first kappa shape index (κ1) is 12.4. The number of ether oxygens (including phenoxy) is 2. The van der Waals surface area contributed by atoms with Crippen molar-refractivity contribution < 1.29 is 14.3 Å². The van der Waals surface area contributed by atoms with E-state index in [2.05, 4.69) is 21.2 Å². The zero-order valence-electron chi connectivity index (χ0n) is 9.27. The molecule has 1 amide bonds. The second-order valence-corrected chi connectivity index (χ2v) is 4.49. The summed E-state index contributed by atoms with van der Waals surface area (Å²) in [6, 6.07) is 9.64. The zero-order chi connectivity index (χ0) is 12.1. The van der Waals surface area contributed by atoms with Crippen molar-refractivity contribution in [3.8, 4) is 0 Å². The van der Waals surface area contributed by atoms with Crippen LogP contribution in [-0.2, 0) is 16.1 Å². The molecule has 2 atom stereocenters. The van der Waals surface area contributed by atoms with E-state index >= 15 is 0 Å². The molecule has 0 bridgehead atoms. The Balaban J connectivity index is 1.71. The monoisotopic (exact) mass is 299 g/mol. The van der Waals surface area contributed by atoms with E-state index in [-0.39, 0.29) is 12.1 Å². The minimum atomic E-state index is -0.395. The number of carbonyl (C=O) groups excluding carboxylic acids is 1. The largest absolute Gasteiger partial charge is 0.445 e. The summed E-state index contributed by atoms with van der Waals surface area (Å²) in [5.74, 6) is 0. The standard InChI is InChI=1S/C12H14BrNO3/c13-6-11-10(8-16-11)14-12(15)17-7-9-4-2-1-3-5-9/h1-5,10-11H,6-8H2,(H,14,15)/t10-,11-/m1/s1. The van der Waals surface area contributed by atoms with Crippen molar-refractivity contribution in [3.63, 3.8) is 0 Å². The van der Waals surface area contributed by atoms with E-state index in [9.17, 15) is 4.79 Å². The molecule has 0 aliphatic carbocycles. The molecular weight excluding hydrogens is 286 g/mol. The maximum atomic E-state index is 11.5. The van der Waals surface area contributed by atoms with Gasteiger partial charge in [-0.1, -0.05) is 46.3 Å². The van der Waals surface area contributed by atoms with Gasteiger partial charge in [-0.2, -0.15) is 0 Å². The SMILES string of the molecule is O=C(N[C@@H]1CO[C@@H]1CBr)OCc1ccccc1. The van der Waals surface area contributed by atoms with Gasteiger partial charge in [-0.15, -0.1) is 0 Å². The second-order valence-electron chi connectivity index (χ2n) is 3.84. The highest BCUT2D eigenvalue weighted by atomic mass is 79.9. The van der Waals surface area contributed by atoms with E-state index in [0.29, 0.717) is 13.2 Å². The summed E-state index contributed by atoms with van der Waals surface area (Å²) in [4.78, 5) is 11.5. The normalized spacial score (nSPS) is 22.6. The minimum Gasteiger partial charge on any atom is -0.445 e. The first-order valence-corrected chi connectivity index (χ1v) is 6.56. The third kappa shape index (κ3) is 3.44. The molecule has 0 radical (unpaired) electrons. The van der Waals surface area contributed by atoms with Crippen LogP contribution in [0.25, 0.3) is 0 Å². The fraction of sp³-hybridized carbons (Fsp3) is 0.417. The molecule has 1 aromatic carbocycles. The topological polar surface area (TPSA) is 47.6 Å². The molecule has 0 spiro atoms. The molecule has 4 nitrogen and oxygen atoms in total. The average molecular weight is 300 g/mol. The zero-order valence-corrected chi connectivity index (χ0v) is 10.9. The maximum Gasteiger partial charge on any atom is 0.407 e. The van der Waals surface area contributed by atoms with Crippen LogP contribution < -0.4 is 5.32 Å². The van der Waals surface area contributed by atoms with Crippen molar-refractivity contribution in [2.45, 2.75) is 18.8 Å². The lowest BCUT2D eigenvalue weighted by molar-refractivity contribution is -0.0699. The number of alkyl carbamates (subject to hydrolysis) is 1. The van der Waals surface area contributed by atoms with E-state index in [0.717, 1.165) is 10.9 Å². The van der Waals surface area contributed by atoms with Gasteiger partial charge in [0.1, 0.15) is 6.61 Å². The summed E-state index contributed by atoms with van der Waals surface area (Å²) in [5, 5.41) is 3.49. The number of nitrogens with one attached hydrogen (secondary N) is 1. The molecule has 2 rings (SSSR count). The molecule has 17 heavy (non-hydrogen) atoms. The van der Waals surface area contributed by atoms with Crippen LogP contribution in [0.15, 0.2) is 30.3 Å². The maximum absolute atomic E-state index is 11.5. The molecule has 5 heteroatoms. The highest BCUT2D eigenvalue weighted by Gasteiger charge is 2.32. The van der Waals surface area contributed by atoms with Crippen LogP contribution in [0, 0.1) is 0 Å². The van der Waals surface area contributed by atoms with Crippen LogP contribution in [0.3, 0.4) is 0 Å². The summed E-state index contributed by atoms with van der Waals surface area (Å²) < 4.78 is 10.3. The predicted octanol–water partition coefficient (Wildman–Crippen LogP) is 2.08. The van der Waals surface area contributed by atoms with Crippen molar-refractivity contribution in [3.05, 3.63) is 35.9 Å². The molecule has 92 valence electrons. The Morgan fingerprint density at radius 1 is 1.47 bits per heavy atom. The van der Waals surface area contributed by atoms with Crippen molar-refractivity contribution in [1.29, 1.82) is 0 Å². The van der Waals surface area contributed by atoms with Crippen molar-refractivity contribution in [1.82, 2.24) is 5.32 Å². The molecule has 1 aliphatic rings. The number of rotatable bonds is 4. The average Bonchev–Trinajstić information content (AvgIpc) is 2.34. The van der Waals surface area contributed by atoms with Gasteiger partial charge in [-0.05, 0) is 5.56 Å².